The van der Waals surface area contributed by atoms with Crippen molar-refractivity contribution in [2.45, 2.75) is 40.3 Å². The van der Waals surface area contributed by atoms with Crippen LogP contribution in [-0.4, -0.2) is 72.5 Å². The summed E-state index contributed by atoms with van der Waals surface area (Å²) in [5, 5.41) is 0. The van der Waals surface area contributed by atoms with Gasteiger partial charge in [0.25, 0.3) is 0 Å². The van der Waals surface area contributed by atoms with E-state index in [1.165, 1.54) is 7.06 Å². The van der Waals surface area contributed by atoms with Crippen LogP contribution in [0, 0.1) is 0 Å². The third-order valence-corrected chi connectivity index (χ3v) is 2.51. The van der Waals surface area contributed by atoms with Crippen molar-refractivity contribution in [1.82, 2.24) is 4.90 Å². The van der Waals surface area contributed by atoms with Gasteiger partial charge in [0.15, 0.2) is 0 Å². The molecule has 0 aromatic heterocycles. The fraction of sp³-hybridized carbons (Fsp3) is 1.00. The van der Waals surface area contributed by atoms with Crippen molar-refractivity contribution in [2.24, 2.45) is 0 Å². The number of hydrogen-bond acceptors (Lipinski definition) is 1. The Hall–Kier alpha value is 1.60. The van der Waals surface area contributed by atoms with Gasteiger partial charge >= 0.3 is 101 Å². The minimum absolute atomic E-state index is 0.724. The molecule has 0 bridgehead atoms. The molecule has 0 aliphatic rings. The molecule has 0 radical (unpaired) electrons. The van der Waals surface area contributed by atoms with Gasteiger partial charge in [0.05, 0.1) is 0 Å². The zero-order valence-corrected chi connectivity index (χ0v) is 11.1. The molecule has 0 aliphatic heterocycles. The summed E-state index contributed by atoms with van der Waals surface area (Å²) in [5.41, 5.74) is 0. The molecule has 0 heterocycles. The molecule has 2 heteroatoms. The van der Waals surface area contributed by atoms with Crippen LogP contribution >= 0.6 is 0 Å². The molecule has 0 atom stereocenters. The van der Waals surface area contributed by atoms with Crippen LogP contribution in [0.25, 0.3) is 0 Å². The zero-order chi connectivity index (χ0) is 8.15. The van der Waals surface area contributed by atoms with E-state index < -0.39 is 0 Å². The molecule has 0 saturated heterocycles. The van der Waals surface area contributed by atoms with Crippen LogP contribution in [0.1, 0.15) is 27.7 Å². The minimum atomic E-state index is 0.724. The fourth-order valence-corrected chi connectivity index (χ4v) is 2.18. The van der Waals surface area contributed by atoms with E-state index in [1.807, 2.05) is 0 Å². The molecule has 0 aromatic rings. The second kappa shape index (κ2) is 6.15. The summed E-state index contributed by atoms with van der Waals surface area (Å²) in [6, 6.07) is 1.45. The zero-order valence-electron chi connectivity index (χ0n) is 8.02. The van der Waals surface area contributed by atoms with Gasteiger partial charge in [-0.15, -0.1) is 0 Å². The first-order valence-corrected chi connectivity index (χ1v) is 6.56. The van der Waals surface area contributed by atoms with Gasteiger partial charge in [0.2, 0.25) is 0 Å². The van der Waals surface area contributed by atoms with Crippen LogP contribution < -0.4 is 0 Å². The van der Waals surface area contributed by atoms with Gasteiger partial charge in [-0.3, -0.25) is 0 Å². The van der Waals surface area contributed by atoms with Crippen LogP contribution in [0.2, 0.25) is 0.515 Å². The van der Waals surface area contributed by atoms with Crippen molar-refractivity contribution in [2.75, 3.05) is 6.54 Å². The second-order valence-corrected chi connectivity index (χ2v) is 4.99. The van der Waals surface area contributed by atoms with E-state index >= 15 is 0 Å². The molecule has 1 nitrogen and oxygen atoms in total. The van der Waals surface area contributed by atoms with Crippen molar-refractivity contribution >= 4 is 49.0 Å². The third kappa shape index (κ3) is 4.47. The van der Waals surface area contributed by atoms with Crippen LogP contribution in [-0.2, 0) is 0 Å². The topological polar surface area (TPSA) is 3.24 Å². The molecule has 0 N–H and O–H groups in total. The Labute approximate surface area is 99.1 Å². The summed E-state index contributed by atoms with van der Waals surface area (Å²) >= 11 is 1.02. The fourth-order valence-electron chi connectivity index (χ4n) is 1.37. The maximum absolute atomic E-state index is 2.56. The average molecular weight is 167 g/mol. The number of rotatable bonds is 4. The van der Waals surface area contributed by atoms with Gasteiger partial charge in [0, 0.05) is 0 Å². The van der Waals surface area contributed by atoms with Crippen LogP contribution in [0.5, 0.6) is 0 Å². The number of hydrogen-bond donors (Lipinski definition) is 0. The predicted molar refractivity (Wildman–Crippen MR) is 47.5 cm³/mol. The van der Waals surface area contributed by atoms with E-state index in [0.717, 1.165) is 61.0 Å². The Morgan fingerprint density at radius 2 is 1.50 bits per heavy atom. The van der Waals surface area contributed by atoms with Crippen LogP contribution in [0.3, 0.4) is 0 Å². The Morgan fingerprint density at radius 1 is 1.10 bits per heavy atom. The van der Waals surface area contributed by atoms with E-state index in [4.69, 9.17) is 0 Å². The Balaban J connectivity index is 3.73. The molecule has 0 amide bonds. The van der Waals surface area contributed by atoms with Crippen molar-refractivity contribution in [1.29, 1.82) is 0 Å². The summed E-state index contributed by atoms with van der Waals surface area (Å²) in [7, 11) is 0. The van der Waals surface area contributed by atoms with Crippen molar-refractivity contribution in [3.8, 4) is 0 Å². The Bertz CT molecular complexity index is 73.3. The van der Waals surface area contributed by atoms with Gasteiger partial charge in [-0.1, -0.05) is 0 Å². The molecule has 0 spiro atoms. The molecule has 56 valence electrons. The Kier molecular flexibility index (Phi) is 7.13. The Morgan fingerprint density at radius 3 is 1.60 bits per heavy atom. The summed E-state index contributed by atoms with van der Waals surface area (Å²) < 4.78 is 1.45. The molecular formula is C8H18KN. The van der Waals surface area contributed by atoms with Crippen molar-refractivity contribution in [3.05, 3.63) is 0 Å². The average Bonchev–Trinajstić information content (AvgIpc) is 1.81. The summed E-state index contributed by atoms with van der Waals surface area (Å²) in [6.45, 7) is 10.4. The summed E-state index contributed by atoms with van der Waals surface area (Å²) in [4.78, 5) is 2.56. The van der Waals surface area contributed by atoms with Crippen LogP contribution in [0.15, 0.2) is 0 Å². The molecule has 10 heavy (non-hydrogen) atoms. The SMILES string of the molecule is CC(C)N(C[CH2][K])C(C)C. The molecule has 0 fully saturated rings. The van der Waals surface area contributed by atoms with E-state index in [-0.39, 0.29) is 0 Å². The van der Waals surface area contributed by atoms with Crippen molar-refractivity contribution < 1.29 is 0 Å². The molecule has 0 rings (SSSR count). The maximum atomic E-state index is 2.56. The molecule has 0 aliphatic carbocycles. The summed E-state index contributed by atoms with van der Waals surface area (Å²) in [6.07, 6.45) is 0. The molecule has 0 aromatic carbocycles. The molecule has 0 saturated carbocycles. The van der Waals surface area contributed by atoms with Crippen molar-refractivity contribution in [3.63, 3.8) is 0 Å². The first kappa shape index (κ1) is 11.6. The third-order valence-electron chi connectivity index (χ3n) is 1.81. The van der Waals surface area contributed by atoms with E-state index in [0.29, 0.717) is 0 Å². The molecular weight excluding hydrogens is 149 g/mol. The van der Waals surface area contributed by atoms with Crippen LogP contribution in [0.4, 0.5) is 0 Å². The normalized spacial score (nSPS) is 12.1. The van der Waals surface area contributed by atoms with E-state index in [9.17, 15) is 0 Å². The monoisotopic (exact) mass is 167 g/mol. The second-order valence-electron chi connectivity index (χ2n) is 3.43. The predicted octanol–water partition coefficient (Wildman–Crippen LogP) is 1.69. The first-order chi connectivity index (χ1) is 4.59. The van der Waals surface area contributed by atoms with E-state index in [2.05, 4.69) is 32.6 Å². The van der Waals surface area contributed by atoms with E-state index in [1.54, 1.807) is 0 Å². The van der Waals surface area contributed by atoms with Gasteiger partial charge in [-0.25, -0.2) is 0 Å². The van der Waals surface area contributed by atoms with Gasteiger partial charge in [-0.2, -0.15) is 0 Å². The quantitative estimate of drug-likeness (QED) is 0.576. The standard InChI is InChI=1S/C8H18N.K/c1-6-9(7(2)3)8(4)5;/h7-8H,1,6H2,2-5H3;. The first-order valence-electron chi connectivity index (χ1n) is 4.35. The summed E-state index contributed by atoms with van der Waals surface area (Å²) in [5.74, 6) is 0. The van der Waals surface area contributed by atoms with Gasteiger partial charge in [-0.05, 0) is 0 Å². The molecule has 0 unspecified atom stereocenters. The van der Waals surface area contributed by atoms with Gasteiger partial charge in [0.1, 0.15) is 0 Å². The number of nitrogens with zero attached hydrogens (tertiary/aromatic N) is 1. The van der Waals surface area contributed by atoms with Gasteiger partial charge < -0.3 is 0 Å².